The van der Waals surface area contributed by atoms with Crippen molar-refractivity contribution in [3.63, 3.8) is 0 Å². The van der Waals surface area contributed by atoms with Gasteiger partial charge in [0.05, 0.1) is 0 Å². The first kappa shape index (κ1) is 18.5. The van der Waals surface area contributed by atoms with Gasteiger partial charge in [0.2, 0.25) is 0 Å². The lowest BCUT2D eigenvalue weighted by Crippen LogP contribution is -2.13. The molecule has 1 aromatic carbocycles. The number of nitrogens with zero attached hydrogens (tertiary/aromatic N) is 3. The highest BCUT2D eigenvalue weighted by Crippen LogP contribution is 2.24. The standard InChI is InChI=1S/C20H17FN4OS/c1-12-7-15(14(3)25(12)18-6-4-5-17(21)9-18)8-16(10-22)19(26)24-20-23-11-13(2)27-20/h4-9,11H,1-3H3,(H,23,24,26)/b16-8-. The summed E-state index contributed by atoms with van der Waals surface area (Å²) >= 11 is 1.34. The summed E-state index contributed by atoms with van der Waals surface area (Å²) in [5, 5.41) is 12.5. The van der Waals surface area contributed by atoms with Crippen molar-refractivity contribution in [1.82, 2.24) is 9.55 Å². The molecule has 0 aliphatic rings. The molecule has 0 atom stereocenters. The maximum Gasteiger partial charge on any atom is 0.268 e. The van der Waals surface area contributed by atoms with Crippen LogP contribution >= 0.6 is 11.3 Å². The molecule has 0 saturated carbocycles. The molecule has 27 heavy (non-hydrogen) atoms. The number of benzene rings is 1. The molecule has 0 fully saturated rings. The van der Waals surface area contributed by atoms with Crippen molar-refractivity contribution in [3.8, 4) is 11.8 Å². The first-order valence-corrected chi connectivity index (χ1v) is 9.01. The molecule has 0 spiro atoms. The average Bonchev–Trinajstić information content (AvgIpc) is 3.15. The highest BCUT2D eigenvalue weighted by molar-refractivity contribution is 7.15. The van der Waals surface area contributed by atoms with Gasteiger partial charge < -0.3 is 4.57 Å². The van der Waals surface area contributed by atoms with E-state index >= 15 is 0 Å². The molecule has 1 amide bonds. The van der Waals surface area contributed by atoms with Crippen LogP contribution in [-0.2, 0) is 4.79 Å². The normalized spacial score (nSPS) is 11.3. The lowest BCUT2D eigenvalue weighted by Gasteiger charge is -2.09. The lowest BCUT2D eigenvalue weighted by atomic mass is 10.1. The zero-order valence-electron chi connectivity index (χ0n) is 15.1. The predicted octanol–water partition coefficient (Wildman–Crippen LogP) is 4.54. The summed E-state index contributed by atoms with van der Waals surface area (Å²) in [4.78, 5) is 17.4. The fourth-order valence-electron chi connectivity index (χ4n) is 2.83. The Morgan fingerprint density at radius 2 is 2.11 bits per heavy atom. The second kappa shape index (κ2) is 7.56. The van der Waals surface area contributed by atoms with E-state index in [2.05, 4.69) is 10.3 Å². The minimum atomic E-state index is -0.512. The van der Waals surface area contributed by atoms with E-state index in [1.165, 1.54) is 29.5 Å². The Morgan fingerprint density at radius 3 is 2.74 bits per heavy atom. The zero-order valence-corrected chi connectivity index (χ0v) is 15.9. The van der Waals surface area contributed by atoms with Crippen LogP contribution in [0.1, 0.15) is 21.8 Å². The molecule has 0 aliphatic heterocycles. The number of thiazole rings is 1. The Balaban J connectivity index is 1.94. The number of carbonyl (C=O) groups excluding carboxylic acids is 1. The molecule has 2 aromatic heterocycles. The van der Waals surface area contributed by atoms with E-state index in [0.717, 1.165) is 21.8 Å². The molecule has 7 heteroatoms. The number of halogens is 1. The van der Waals surface area contributed by atoms with Crippen LogP contribution in [0.15, 0.2) is 42.1 Å². The van der Waals surface area contributed by atoms with Gasteiger partial charge in [0.1, 0.15) is 17.5 Å². The third kappa shape index (κ3) is 3.96. The van der Waals surface area contributed by atoms with E-state index in [1.807, 2.05) is 37.5 Å². The average molecular weight is 380 g/mol. The summed E-state index contributed by atoms with van der Waals surface area (Å²) < 4.78 is 15.5. The Labute approximate surface area is 160 Å². The van der Waals surface area contributed by atoms with Crippen molar-refractivity contribution in [2.45, 2.75) is 20.8 Å². The van der Waals surface area contributed by atoms with E-state index in [9.17, 15) is 14.4 Å². The molecule has 0 radical (unpaired) electrons. The summed E-state index contributed by atoms with van der Waals surface area (Å²) in [6.45, 7) is 5.64. The van der Waals surface area contributed by atoms with Crippen LogP contribution in [0.2, 0.25) is 0 Å². The quantitative estimate of drug-likeness (QED) is 0.533. The molecular weight excluding hydrogens is 363 g/mol. The fraction of sp³-hybridized carbons (Fsp3) is 0.150. The first-order chi connectivity index (χ1) is 12.9. The van der Waals surface area contributed by atoms with Gasteiger partial charge in [-0.05, 0) is 56.7 Å². The van der Waals surface area contributed by atoms with Crippen LogP contribution in [-0.4, -0.2) is 15.5 Å². The second-order valence-electron chi connectivity index (χ2n) is 6.04. The van der Waals surface area contributed by atoms with E-state index in [1.54, 1.807) is 18.3 Å². The summed E-state index contributed by atoms with van der Waals surface area (Å²) in [6.07, 6.45) is 3.19. The van der Waals surface area contributed by atoms with E-state index in [-0.39, 0.29) is 11.4 Å². The number of nitriles is 1. The molecule has 3 rings (SSSR count). The highest BCUT2D eigenvalue weighted by atomic mass is 32.1. The Bertz CT molecular complexity index is 1090. The largest absolute Gasteiger partial charge is 0.318 e. The highest BCUT2D eigenvalue weighted by Gasteiger charge is 2.15. The number of aromatic nitrogens is 2. The second-order valence-corrected chi connectivity index (χ2v) is 7.28. The molecule has 0 saturated heterocycles. The SMILES string of the molecule is Cc1cnc(NC(=O)/C(C#N)=C\c2cc(C)n(-c3cccc(F)c3)c2C)s1. The maximum absolute atomic E-state index is 13.6. The van der Waals surface area contributed by atoms with Gasteiger partial charge in [0.15, 0.2) is 5.13 Å². The number of rotatable bonds is 4. The third-order valence-corrected chi connectivity index (χ3v) is 4.87. The number of hydrogen-bond donors (Lipinski definition) is 1. The smallest absolute Gasteiger partial charge is 0.268 e. The van der Waals surface area contributed by atoms with E-state index in [0.29, 0.717) is 10.8 Å². The molecule has 2 heterocycles. The number of nitrogens with one attached hydrogen (secondary N) is 1. The van der Waals surface area contributed by atoms with Crippen molar-refractivity contribution in [2.24, 2.45) is 0 Å². The predicted molar refractivity (Wildman–Crippen MR) is 104 cm³/mol. The fourth-order valence-corrected chi connectivity index (χ4v) is 3.49. The van der Waals surface area contributed by atoms with Crippen LogP contribution in [0.25, 0.3) is 11.8 Å². The summed E-state index contributed by atoms with van der Waals surface area (Å²) in [5.41, 5.74) is 3.06. The lowest BCUT2D eigenvalue weighted by molar-refractivity contribution is -0.112. The molecule has 1 N–H and O–H groups in total. The third-order valence-electron chi connectivity index (χ3n) is 4.04. The van der Waals surface area contributed by atoms with Crippen LogP contribution in [0.3, 0.4) is 0 Å². The number of anilines is 1. The summed E-state index contributed by atoms with van der Waals surface area (Å²) in [6, 6.07) is 10.1. The van der Waals surface area contributed by atoms with E-state index in [4.69, 9.17) is 0 Å². The topological polar surface area (TPSA) is 70.7 Å². The molecule has 3 aromatic rings. The van der Waals surface area contributed by atoms with Gasteiger partial charge in [-0.25, -0.2) is 9.37 Å². The minimum Gasteiger partial charge on any atom is -0.318 e. The Hall–Kier alpha value is -3.24. The monoisotopic (exact) mass is 380 g/mol. The van der Waals surface area contributed by atoms with Gasteiger partial charge in [-0.1, -0.05) is 6.07 Å². The van der Waals surface area contributed by atoms with Crippen molar-refractivity contribution in [2.75, 3.05) is 5.32 Å². The van der Waals surface area contributed by atoms with Crippen molar-refractivity contribution in [3.05, 3.63) is 69.7 Å². The van der Waals surface area contributed by atoms with Gasteiger partial charge in [0, 0.05) is 28.1 Å². The first-order valence-electron chi connectivity index (χ1n) is 8.19. The zero-order chi connectivity index (χ0) is 19.6. The molecule has 0 unspecified atom stereocenters. The van der Waals surface area contributed by atoms with Crippen LogP contribution < -0.4 is 5.32 Å². The molecule has 136 valence electrons. The maximum atomic E-state index is 13.6. The van der Waals surface area contributed by atoms with E-state index < -0.39 is 5.91 Å². The van der Waals surface area contributed by atoms with Gasteiger partial charge >= 0.3 is 0 Å². The number of carbonyl (C=O) groups is 1. The summed E-state index contributed by atoms with van der Waals surface area (Å²) in [5.74, 6) is -0.838. The van der Waals surface area contributed by atoms with Crippen molar-refractivity contribution < 1.29 is 9.18 Å². The minimum absolute atomic E-state index is 0.0256. The number of aryl methyl sites for hydroxylation is 2. The van der Waals surface area contributed by atoms with Gasteiger partial charge in [0.25, 0.3) is 5.91 Å². The number of amides is 1. The number of hydrogen-bond acceptors (Lipinski definition) is 4. The van der Waals surface area contributed by atoms with Gasteiger partial charge in [-0.3, -0.25) is 10.1 Å². The van der Waals surface area contributed by atoms with Crippen LogP contribution in [0, 0.1) is 37.9 Å². The Morgan fingerprint density at radius 1 is 1.33 bits per heavy atom. The van der Waals surface area contributed by atoms with Crippen molar-refractivity contribution in [1.29, 1.82) is 5.26 Å². The van der Waals surface area contributed by atoms with Crippen LogP contribution in [0.5, 0.6) is 0 Å². The van der Waals surface area contributed by atoms with Crippen molar-refractivity contribution >= 4 is 28.5 Å². The molecule has 0 aliphatic carbocycles. The molecular formula is C20H17FN4OS. The molecule has 0 bridgehead atoms. The van der Waals surface area contributed by atoms with Crippen LogP contribution in [0.4, 0.5) is 9.52 Å². The van der Waals surface area contributed by atoms with Gasteiger partial charge in [-0.2, -0.15) is 5.26 Å². The summed E-state index contributed by atoms with van der Waals surface area (Å²) in [7, 11) is 0. The Kier molecular flexibility index (Phi) is 5.19. The molecule has 5 nitrogen and oxygen atoms in total. The van der Waals surface area contributed by atoms with Gasteiger partial charge in [-0.15, -0.1) is 11.3 Å².